The van der Waals surface area contributed by atoms with Gasteiger partial charge in [0.05, 0.1) is 28.4 Å². The maximum Gasteiger partial charge on any atom is 0.191 e. The van der Waals surface area contributed by atoms with Crippen LogP contribution in [0, 0.1) is 0 Å². The van der Waals surface area contributed by atoms with E-state index in [2.05, 4.69) is 0 Å². The zero-order chi connectivity index (χ0) is 20.9. The van der Waals surface area contributed by atoms with E-state index < -0.39 is 11.6 Å². The summed E-state index contributed by atoms with van der Waals surface area (Å²) in [4.78, 5) is 15.7. The first kappa shape index (κ1) is 19.5. The predicted molar refractivity (Wildman–Crippen MR) is 106 cm³/mol. The summed E-state index contributed by atoms with van der Waals surface area (Å²) in [5.74, 6) is 1.80. The lowest BCUT2D eigenvalue weighted by Crippen LogP contribution is -2.54. The molecule has 0 saturated carbocycles. The number of methoxy groups -OCH3 is 4. The molecular weight excluding hydrogens is 374 g/mol. The molecular formula is C22H25NO6. The number of aliphatic hydroxyl groups excluding tert-OH is 1. The molecule has 0 saturated heterocycles. The van der Waals surface area contributed by atoms with Gasteiger partial charge in [0.15, 0.2) is 28.8 Å². The molecule has 4 rings (SSSR count). The third kappa shape index (κ3) is 2.41. The fraction of sp³-hybridized carbons (Fsp3) is 0.409. The molecule has 7 nitrogen and oxygen atoms in total. The summed E-state index contributed by atoms with van der Waals surface area (Å²) in [6, 6.07) is 7.09. The van der Waals surface area contributed by atoms with Gasteiger partial charge in [0.1, 0.15) is 11.6 Å². The minimum atomic E-state index is -1.27. The maximum atomic E-state index is 13.8. The number of Topliss-reactive ketones (excluding diaryl/α,β-unsaturated/α-hetero) is 1. The van der Waals surface area contributed by atoms with E-state index in [-0.39, 0.29) is 5.78 Å². The lowest BCUT2D eigenvalue weighted by molar-refractivity contribution is -0.00849. The first-order chi connectivity index (χ1) is 13.9. The van der Waals surface area contributed by atoms with E-state index in [4.69, 9.17) is 18.9 Å². The molecule has 0 radical (unpaired) electrons. The van der Waals surface area contributed by atoms with Crippen LogP contribution < -0.4 is 18.9 Å². The smallest absolute Gasteiger partial charge is 0.191 e. The van der Waals surface area contributed by atoms with Gasteiger partial charge in [0.25, 0.3) is 0 Å². The second-order valence-corrected chi connectivity index (χ2v) is 7.30. The van der Waals surface area contributed by atoms with Crippen molar-refractivity contribution in [1.29, 1.82) is 0 Å². The first-order valence-corrected chi connectivity index (χ1v) is 9.40. The largest absolute Gasteiger partial charge is 0.493 e. The van der Waals surface area contributed by atoms with Crippen LogP contribution in [0.5, 0.6) is 23.0 Å². The molecule has 0 unspecified atom stereocenters. The van der Waals surface area contributed by atoms with Gasteiger partial charge in [-0.2, -0.15) is 0 Å². The SMILES string of the molecule is COc1cc2c(cc1OC)[C@]1(C(=O)c3ccc(OC)c(OC)c3[C@@H]1O)N(C)CC2. The van der Waals surface area contributed by atoms with Crippen molar-refractivity contribution in [1.82, 2.24) is 4.90 Å². The molecule has 1 spiro atoms. The van der Waals surface area contributed by atoms with E-state index in [1.807, 2.05) is 18.0 Å². The Labute approximate surface area is 169 Å². The Hall–Kier alpha value is -2.77. The van der Waals surface area contributed by atoms with Crippen LogP contribution in [0.1, 0.15) is 33.2 Å². The summed E-state index contributed by atoms with van der Waals surface area (Å²) < 4.78 is 21.9. The Morgan fingerprint density at radius 2 is 1.66 bits per heavy atom. The summed E-state index contributed by atoms with van der Waals surface area (Å²) in [7, 11) is 8.03. The lowest BCUT2D eigenvalue weighted by atomic mass is 9.76. The van der Waals surface area contributed by atoms with E-state index in [1.54, 1.807) is 32.4 Å². The molecule has 1 aliphatic heterocycles. The molecule has 2 aromatic carbocycles. The van der Waals surface area contributed by atoms with Crippen LogP contribution in [0.2, 0.25) is 0 Å². The highest BCUT2D eigenvalue weighted by molar-refractivity contribution is 6.10. The fourth-order valence-electron chi connectivity index (χ4n) is 4.76. The van der Waals surface area contributed by atoms with E-state index in [1.165, 1.54) is 14.2 Å². The number of carbonyl (C=O) groups excluding carboxylic acids is 1. The van der Waals surface area contributed by atoms with Gasteiger partial charge in [-0.3, -0.25) is 9.69 Å². The molecule has 0 amide bonds. The van der Waals surface area contributed by atoms with Gasteiger partial charge in [-0.15, -0.1) is 0 Å². The van der Waals surface area contributed by atoms with Crippen LogP contribution in [0.4, 0.5) is 0 Å². The molecule has 1 N–H and O–H groups in total. The van der Waals surface area contributed by atoms with E-state index in [9.17, 15) is 9.90 Å². The molecule has 29 heavy (non-hydrogen) atoms. The molecule has 0 aromatic heterocycles. The van der Waals surface area contributed by atoms with Gasteiger partial charge in [-0.05, 0) is 48.9 Å². The monoisotopic (exact) mass is 399 g/mol. The minimum Gasteiger partial charge on any atom is -0.493 e. The number of fused-ring (bicyclic) bond motifs is 3. The molecule has 0 bridgehead atoms. The Morgan fingerprint density at radius 3 is 2.28 bits per heavy atom. The van der Waals surface area contributed by atoms with Crippen molar-refractivity contribution in [2.24, 2.45) is 0 Å². The van der Waals surface area contributed by atoms with Gasteiger partial charge < -0.3 is 24.1 Å². The first-order valence-electron chi connectivity index (χ1n) is 9.40. The van der Waals surface area contributed by atoms with Crippen LogP contribution in [0.3, 0.4) is 0 Å². The van der Waals surface area contributed by atoms with Crippen LogP contribution in [0.15, 0.2) is 24.3 Å². The Bertz CT molecular complexity index is 988. The standard InChI is InChI=1S/C22H25NO6/c1-23-9-8-12-10-16(27-3)17(28-4)11-14(12)22(23)20(24)13-6-7-15(26-2)19(29-5)18(13)21(22)25/h6-7,10-11,21,25H,8-9H2,1-5H3/t21-,22+/m0/s1. The number of rotatable bonds is 4. The quantitative estimate of drug-likeness (QED) is 0.846. The number of hydrogen-bond acceptors (Lipinski definition) is 7. The third-order valence-electron chi connectivity index (χ3n) is 6.18. The average molecular weight is 399 g/mol. The summed E-state index contributed by atoms with van der Waals surface area (Å²) in [5, 5.41) is 11.6. The van der Waals surface area contributed by atoms with Crippen LogP contribution in [-0.4, -0.2) is 57.8 Å². The van der Waals surface area contributed by atoms with Crippen molar-refractivity contribution in [3.05, 3.63) is 46.5 Å². The van der Waals surface area contributed by atoms with Gasteiger partial charge in [-0.25, -0.2) is 0 Å². The van der Waals surface area contributed by atoms with Crippen molar-refractivity contribution >= 4 is 5.78 Å². The van der Waals surface area contributed by atoms with Gasteiger partial charge in [0.2, 0.25) is 0 Å². The zero-order valence-electron chi connectivity index (χ0n) is 17.2. The van der Waals surface area contributed by atoms with E-state index in [0.29, 0.717) is 40.7 Å². The summed E-state index contributed by atoms with van der Waals surface area (Å²) >= 11 is 0. The van der Waals surface area contributed by atoms with Crippen LogP contribution in [-0.2, 0) is 12.0 Å². The van der Waals surface area contributed by atoms with Gasteiger partial charge >= 0.3 is 0 Å². The molecule has 2 aromatic rings. The highest BCUT2D eigenvalue weighted by atomic mass is 16.5. The maximum absolute atomic E-state index is 13.8. The Balaban J connectivity index is 2.01. The minimum absolute atomic E-state index is 0.170. The molecule has 154 valence electrons. The number of hydrogen-bond donors (Lipinski definition) is 1. The lowest BCUT2D eigenvalue weighted by Gasteiger charge is -2.45. The third-order valence-corrected chi connectivity index (χ3v) is 6.18. The normalized spacial score (nSPS) is 23.0. The van der Waals surface area contributed by atoms with Crippen molar-refractivity contribution in [3.63, 3.8) is 0 Å². The van der Waals surface area contributed by atoms with Crippen molar-refractivity contribution < 1.29 is 28.8 Å². The van der Waals surface area contributed by atoms with Gasteiger partial charge in [0, 0.05) is 17.7 Å². The molecule has 1 aliphatic carbocycles. The number of benzene rings is 2. The number of ether oxygens (including phenoxy) is 4. The highest BCUT2D eigenvalue weighted by Gasteiger charge is 2.60. The zero-order valence-corrected chi connectivity index (χ0v) is 17.2. The van der Waals surface area contributed by atoms with E-state index >= 15 is 0 Å². The molecule has 2 aliphatic rings. The second kappa shape index (κ2) is 6.93. The summed E-state index contributed by atoms with van der Waals surface area (Å²) in [6.45, 7) is 0.610. The number of ketones is 1. The topological polar surface area (TPSA) is 77.5 Å². The van der Waals surface area contributed by atoms with Crippen molar-refractivity contribution in [3.8, 4) is 23.0 Å². The average Bonchev–Trinajstić information content (AvgIpc) is 2.97. The fourth-order valence-corrected chi connectivity index (χ4v) is 4.76. The number of aliphatic hydroxyl groups is 1. The van der Waals surface area contributed by atoms with Gasteiger partial charge in [-0.1, -0.05) is 0 Å². The molecule has 2 atom stereocenters. The second-order valence-electron chi connectivity index (χ2n) is 7.30. The highest BCUT2D eigenvalue weighted by Crippen LogP contribution is 2.56. The van der Waals surface area contributed by atoms with E-state index in [0.717, 1.165) is 17.5 Å². The Morgan fingerprint density at radius 1 is 1.00 bits per heavy atom. The molecule has 0 fully saturated rings. The van der Waals surface area contributed by atoms with Crippen LogP contribution in [0.25, 0.3) is 0 Å². The Kier molecular flexibility index (Phi) is 4.67. The summed E-state index contributed by atoms with van der Waals surface area (Å²) in [5.41, 5.74) is 1.29. The molecule has 7 heteroatoms. The summed E-state index contributed by atoms with van der Waals surface area (Å²) in [6.07, 6.45) is -0.401. The van der Waals surface area contributed by atoms with Crippen molar-refractivity contribution in [2.45, 2.75) is 18.1 Å². The number of likely N-dealkylation sites (N-methyl/N-ethyl adjacent to an activating group) is 1. The van der Waals surface area contributed by atoms with Crippen molar-refractivity contribution in [2.75, 3.05) is 42.0 Å². The molecule has 1 heterocycles. The number of nitrogens with zero attached hydrogens (tertiary/aromatic N) is 1. The predicted octanol–water partition coefficient (Wildman–Crippen LogP) is 2.33. The number of carbonyl (C=O) groups is 1. The van der Waals surface area contributed by atoms with Crippen LogP contribution >= 0.6 is 0 Å².